The fourth-order valence-corrected chi connectivity index (χ4v) is 2.07. The monoisotopic (exact) mass is 339 g/mol. The van der Waals surface area contributed by atoms with Crippen LogP contribution in [0.4, 0.5) is 10.1 Å². The number of rotatable bonds is 4. The third kappa shape index (κ3) is 3.14. The van der Waals surface area contributed by atoms with Crippen LogP contribution in [0, 0.1) is 22.9 Å². The molecule has 0 heterocycles. The second-order valence-electron chi connectivity index (χ2n) is 4.22. The van der Waals surface area contributed by atoms with Crippen LogP contribution in [-0.4, -0.2) is 4.92 Å². The van der Waals surface area contributed by atoms with E-state index in [4.69, 9.17) is 4.74 Å². The van der Waals surface area contributed by atoms with Gasteiger partial charge in [-0.05, 0) is 46.1 Å². The van der Waals surface area contributed by atoms with Crippen molar-refractivity contribution in [2.45, 2.75) is 13.5 Å². The second kappa shape index (κ2) is 6.00. The molecule has 0 fully saturated rings. The Bertz CT molecular complexity index is 661. The zero-order valence-corrected chi connectivity index (χ0v) is 12.2. The molecule has 0 aliphatic heterocycles. The third-order valence-electron chi connectivity index (χ3n) is 2.76. The van der Waals surface area contributed by atoms with Crippen molar-refractivity contribution in [1.29, 1.82) is 0 Å². The van der Waals surface area contributed by atoms with Crippen molar-refractivity contribution >= 4 is 21.6 Å². The van der Waals surface area contributed by atoms with Gasteiger partial charge in [-0.1, -0.05) is 18.2 Å². The second-order valence-corrected chi connectivity index (χ2v) is 5.07. The quantitative estimate of drug-likeness (QED) is 0.613. The molecule has 0 amide bonds. The Morgan fingerprint density at radius 2 is 2.10 bits per heavy atom. The van der Waals surface area contributed by atoms with E-state index < -0.39 is 10.7 Å². The normalized spacial score (nSPS) is 10.3. The van der Waals surface area contributed by atoms with Gasteiger partial charge in [0.05, 0.1) is 9.40 Å². The van der Waals surface area contributed by atoms with E-state index in [1.807, 2.05) is 0 Å². The highest BCUT2D eigenvalue weighted by Crippen LogP contribution is 2.27. The van der Waals surface area contributed by atoms with Crippen LogP contribution in [0.3, 0.4) is 0 Å². The van der Waals surface area contributed by atoms with Crippen LogP contribution in [0.5, 0.6) is 5.75 Å². The van der Waals surface area contributed by atoms with Gasteiger partial charge in [-0.3, -0.25) is 10.1 Å². The van der Waals surface area contributed by atoms with Gasteiger partial charge in [0.15, 0.2) is 11.6 Å². The molecule has 0 saturated heterocycles. The van der Waals surface area contributed by atoms with Crippen LogP contribution in [-0.2, 0) is 6.61 Å². The topological polar surface area (TPSA) is 52.4 Å². The van der Waals surface area contributed by atoms with Gasteiger partial charge in [0.1, 0.15) is 6.61 Å². The molecule has 0 atom stereocenters. The van der Waals surface area contributed by atoms with Crippen molar-refractivity contribution in [3.8, 4) is 5.75 Å². The summed E-state index contributed by atoms with van der Waals surface area (Å²) in [6, 6.07) is 9.52. The van der Waals surface area contributed by atoms with Crippen molar-refractivity contribution in [2.24, 2.45) is 0 Å². The average molecular weight is 340 g/mol. The summed E-state index contributed by atoms with van der Waals surface area (Å²) < 4.78 is 19.5. The molecule has 6 heteroatoms. The number of nitro groups is 1. The lowest BCUT2D eigenvalue weighted by atomic mass is 10.2. The number of halogens is 2. The van der Waals surface area contributed by atoms with E-state index in [-0.39, 0.29) is 18.0 Å². The van der Waals surface area contributed by atoms with Crippen molar-refractivity contribution in [3.05, 3.63) is 67.9 Å². The molecule has 4 nitrogen and oxygen atoms in total. The summed E-state index contributed by atoms with van der Waals surface area (Å²) in [5.74, 6) is -0.283. The zero-order chi connectivity index (χ0) is 14.7. The van der Waals surface area contributed by atoms with Gasteiger partial charge < -0.3 is 4.74 Å². The summed E-state index contributed by atoms with van der Waals surface area (Å²) in [5, 5.41) is 10.8. The minimum atomic E-state index is -0.485. The number of benzene rings is 2. The number of ether oxygens (including phenoxy) is 1. The van der Waals surface area contributed by atoms with E-state index in [1.54, 1.807) is 31.2 Å². The molecule has 0 bridgehead atoms. The SMILES string of the molecule is Cc1cccc(OCc2ccc(Br)c([N+](=O)[O-])c2)c1F. The Labute approximate surface area is 123 Å². The Balaban J connectivity index is 2.17. The van der Waals surface area contributed by atoms with Gasteiger partial charge in [-0.25, -0.2) is 4.39 Å². The van der Waals surface area contributed by atoms with Crippen LogP contribution in [0.2, 0.25) is 0 Å². The molecule has 0 saturated carbocycles. The minimum Gasteiger partial charge on any atom is -0.486 e. The van der Waals surface area contributed by atoms with Crippen LogP contribution in [0.15, 0.2) is 40.9 Å². The lowest BCUT2D eigenvalue weighted by Crippen LogP contribution is -1.99. The highest BCUT2D eigenvalue weighted by molar-refractivity contribution is 9.10. The third-order valence-corrected chi connectivity index (χ3v) is 3.43. The predicted molar refractivity (Wildman–Crippen MR) is 76.3 cm³/mol. The van der Waals surface area contributed by atoms with Crippen molar-refractivity contribution in [2.75, 3.05) is 0 Å². The highest BCUT2D eigenvalue weighted by Gasteiger charge is 2.13. The Morgan fingerprint density at radius 1 is 1.35 bits per heavy atom. The molecule has 0 spiro atoms. The standard InChI is InChI=1S/C14H11BrFNO3/c1-9-3-2-4-13(14(9)16)20-8-10-5-6-11(15)12(7-10)17(18)19/h2-7H,8H2,1H3. The molecule has 20 heavy (non-hydrogen) atoms. The maximum Gasteiger partial charge on any atom is 0.283 e. The predicted octanol–water partition coefficient (Wildman–Crippen LogP) is 4.38. The van der Waals surface area contributed by atoms with Crippen LogP contribution in [0.1, 0.15) is 11.1 Å². The van der Waals surface area contributed by atoms with Crippen molar-refractivity contribution < 1.29 is 14.1 Å². The average Bonchev–Trinajstić information content (AvgIpc) is 2.41. The lowest BCUT2D eigenvalue weighted by Gasteiger charge is -2.08. The molecule has 0 N–H and O–H groups in total. The van der Waals surface area contributed by atoms with E-state index >= 15 is 0 Å². The molecule has 104 valence electrons. The van der Waals surface area contributed by atoms with E-state index in [0.29, 0.717) is 15.6 Å². The van der Waals surface area contributed by atoms with Crippen molar-refractivity contribution in [3.63, 3.8) is 0 Å². The first-order valence-electron chi connectivity index (χ1n) is 5.80. The van der Waals surface area contributed by atoms with Gasteiger partial charge in [0, 0.05) is 6.07 Å². The maximum atomic E-state index is 13.7. The van der Waals surface area contributed by atoms with Crippen LogP contribution in [0.25, 0.3) is 0 Å². The number of nitrogens with zero attached hydrogens (tertiary/aromatic N) is 1. The van der Waals surface area contributed by atoms with Gasteiger partial charge in [-0.15, -0.1) is 0 Å². The fraction of sp³-hybridized carbons (Fsp3) is 0.143. The summed E-state index contributed by atoms with van der Waals surface area (Å²) >= 11 is 3.11. The van der Waals surface area contributed by atoms with E-state index in [0.717, 1.165) is 0 Å². The molecule has 0 unspecified atom stereocenters. The van der Waals surface area contributed by atoms with Gasteiger partial charge in [-0.2, -0.15) is 0 Å². The van der Waals surface area contributed by atoms with Gasteiger partial charge in [0.25, 0.3) is 5.69 Å². The molecular weight excluding hydrogens is 329 g/mol. The Kier molecular flexibility index (Phi) is 4.34. The van der Waals surface area contributed by atoms with Crippen molar-refractivity contribution in [1.82, 2.24) is 0 Å². The summed E-state index contributed by atoms with van der Waals surface area (Å²) in [6.07, 6.45) is 0. The Hall–Kier alpha value is -1.95. The first-order chi connectivity index (χ1) is 9.49. The van der Waals surface area contributed by atoms with Crippen LogP contribution >= 0.6 is 15.9 Å². The van der Waals surface area contributed by atoms with Crippen LogP contribution < -0.4 is 4.74 Å². The molecule has 2 rings (SSSR count). The number of aryl methyl sites for hydroxylation is 1. The Morgan fingerprint density at radius 3 is 2.80 bits per heavy atom. The first-order valence-corrected chi connectivity index (χ1v) is 6.59. The fourth-order valence-electron chi connectivity index (χ4n) is 1.68. The van der Waals surface area contributed by atoms with E-state index in [1.165, 1.54) is 12.1 Å². The van der Waals surface area contributed by atoms with Gasteiger partial charge in [0.2, 0.25) is 0 Å². The zero-order valence-electron chi connectivity index (χ0n) is 10.6. The summed E-state index contributed by atoms with van der Waals surface area (Å²) in [6.45, 7) is 1.71. The number of hydrogen-bond donors (Lipinski definition) is 0. The molecule has 0 radical (unpaired) electrons. The molecule has 0 aromatic heterocycles. The van der Waals surface area contributed by atoms with E-state index in [2.05, 4.69) is 15.9 Å². The first kappa shape index (κ1) is 14.5. The lowest BCUT2D eigenvalue weighted by molar-refractivity contribution is -0.385. The van der Waals surface area contributed by atoms with E-state index in [9.17, 15) is 14.5 Å². The molecule has 0 aliphatic carbocycles. The minimum absolute atomic E-state index is 0.0455. The molecule has 2 aromatic rings. The summed E-state index contributed by atoms with van der Waals surface area (Å²) in [5.41, 5.74) is 1.04. The van der Waals surface area contributed by atoms with Gasteiger partial charge >= 0.3 is 0 Å². The molecular formula is C14H11BrFNO3. The highest BCUT2D eigenvalue weighted by atomic mass is 79.9. The summed E-state index contributed by atoms with van der Waals surface area (Å²) in [7, 11) is 0. The number of nitro benzene ring substituents is 1. The molecule has 0 aliphatic rings. The molecule has 2 aromatic carbocycles. The summed E-state index contributed by atoms with van der Waals surface area (Å²) in [4.78, 5) is 10.3. The largest absolute Gasteiger partial charge is 0.486 e. The number of hydrogen-bond acceptors (Lipinski definition) is 3. The maximum absolute atomic E-state index is 13.7. The smallest absolute Gasteiger partial charge is 0.283 e.